The lowest BCUT2D eigenvalue weighted by Gasteiger charge is -2.37. The Hall–Kier alpha value is -0.580. The van der Waals surface area contributed by atoms with Crippen molar-refractivity contribution < 1.29 is 4.79 Å². The summed E-state index contributed by atoms with van der Waals surface area (Å²) in [5, 5.41) is 6.60. The molecule has 0 aromatic heterocycles. The van der Waals surface area contributed by atoms with Gasteiger partial charge >= 0.3 is 0 Å². The Bertz CT molecular complexity index is 537. The fraction of sp³-hybridized carbons (Fsp3) is 0.562. The summed E-state index contributed by atoms with van der Waals surface area (Å²) in [6.45, 7) is 3.85. The highest BCUT2D eigenvalue weighted by Gasteiger charge is 2.49. The zero-order chi connectivity index (χ0) is 14.2. The summed E-state index contributed by atoms with van der Waals surface area (Å²) < 4.78 is 1.04. The number of amides is 1. The van der Waals surface area contributed by atoms with Gasteiger partial charge in [0, 0.05) is 16.7 Å². The predicted molar refractivity (Wildman–Crippen MR) is 92.0 cm³/mol. The molecule has 1 aromatic rings. The van der Waals surface area contributed by atoms with Gasteiger partial charge in [-0.25, -0.2) is 0 Å². The quantitative estimate of drug-likeness (QED) is 0.825. The maximum absolute atomic E-state index is 12.9. The Labute approximate surface area is 140 Å². The van der Waals surface area contributed by atoms with Gasteiger partial charge in [-0.05, 0) is 49.9 Å². The average molecular weight is 374 g/mol. The lowest BCUT2D eigenvalue weighted by molar-refractivity contribution is -0.128. The molecule has 1 saturated heterocycles. The highest BCUT2D eigenvalue weighted by atomic mass is 79.9. The minimum absolute atomic E-state index is 0. The lowest BCUT2D eigenvalue weighted by atomic mass is 9.67. The first-order valence-electron chi connectivity index (χ1n) is 7.41. The van der Waals surface area contributed by atoms with Crippen molar-refractivity contribution in [2.75, 3.05) is 18.4 Å². The third-order valence-electron chi connectivity index (χ3n) is 5.01. The van der Waals surface area contributed by atoms with E-state index in [2.05, 4.69) is 26.6 Å². The van der Waals surface area contributed by atoms with Gasteiger partial charge < -0.3 is 10.6 Å². The van der Waals surface area contributed by atoms with Gasteiger partial charge in [-0.15, -0.1) is 12.4 Å². The van der Waals surface area contributed by atoms with E-state index in [0.29, 0.717) is 5.92 Å². The van der Waals surface area contributed by atoms with Gasteiger partial charge in [0.25, 0.3) is 0 Å². The van der Waals surface area contributed by atoms with Crippen LogP contribution in [0.25, 0.3) is 0 Å². The molecule has 2 fully saturated rings. The van der Waals surface area contributed by atoms with Crippen molar-refractivity contribution >= 4 is 39.9 Å². The smallest absolute Gasteiger partial charge is 0.232 e. The van der Waals surface area contributed by atoms with Gasteiger partial charge in [0.05, 0.1) is 5.41 Å². The summed E-state index contributed by atoms with van der Waals surface area (Å²) in [4.78, 5) is 12.9. The van der Waals surface area contributed by atoms with Crippen LogP contribution >= 0.6 is 28.3 Å². The molecule has 1 aliphatic heterocycles. The zero-order valence-corrected chi connectivity index (χ0v) is 14.6. The maximum Gasteiger partial charge on any atom is 0.232 e. The highest BCUT2D eigenvalue weighted by molar-refractivity contribution is 9.10. The van der Waals surface area contributed by atoms with Gasteiger partial charge in [0.1, 0.15) is 0 Å². The van der Waals surface area contributed by atoms with Crippen molar-refractivity contribution in [3.63, 3.8) is 0 Å². The van der Waals surface area contributed by atoms with E-state index in [1.807, 2.05) is 25.1 Å². The van der Waals surface area contributed by atoms with E-state index < -0.39 is 0 Å². The van der Waals surface area contributed by atoms with Crippen LogP contribution in [0.4, 0.5) is 5.69 Å². The van der Waals surface area contributed by atoms with E-state index in [4.69, 9.17) is 0 Å². The Morgan fingerprint density at radius 2 is 2.24 bits per heavy atom. The second-order valence-electron chi connectivity index (χ2n) is 6.10. The van der Waals surface area contributed by atoms with Crippen LogP contribution in [0.1, 0.15) is 31.2 Å². The third-order valence-corrected chi connectivity index (χ3v) is 5.87. The summed E-state index contributed by atoms with van der Waals surface area (Å²) >= 11 is 3.52. The predicted octanol–water partition coefficient (Wildman–Crippen LogP) is 3.90. The second-order valence-corrected chi connectivity index (χ2v) is 6.95. The fourth-order valence-corrected chi connectivity index (χ4v) is 4.05. The van der Waals surface area contributed by atoms with E-state index in [1.54, 1.807) is 0 Å². The minimum Gasteiger partial charge on any atom is -0.325 e. The molecule has 2 atom stereocenters. The normalized spacial score (nSPS) is 27.6. The summed E-state index contributed by atoms with van der Waals surface area (Å²) in [5.74, 6) is 0.706. The molecular formula is C16H22BrClN2O. The van der Waals surface area contributed by atoms with Gasteiger partial charge in [-0.3, -0.25) is 4.79 Å². The van der Waals surface area contributed by atoms with Gasteiger partial charge in [0.15, 0.2) is 0 Å². The molecule has 0 unspecified atom stereocenters. The molecule has 1 heterocycles. The summed E-state index contributed by atoms with van der Waals surface area (Å²) in [5.41, 5.74) is 1.83. The van der Waals surface area contributed by atoms with Crippen LogP contribution in [0.5, 0.6) is 0 Å². The molecule has 116 valence electrons. The van der Waals surface area contributed by atoms with E-state index in [-0.39, 0.29) is 23.7 Å². The summed E-state index contributed by atoms with van der Waals surface area (Å²) in [6.07, 6.45) is 4.63. The molecule has 0 radical (unpaired) electrons. The molecule has 2 aliphatic rings. The monoisotopic (exact) mass is 372 g/mol. The number of benzene rings is 1. The van der Waals surface area contributed by atoms with Crippen molar-refractivity contribution in [1.29, 1.82) is 0 Å². The van der Waals surface area contributed by atoms with Crippen LogP contribution < -0.4 is 10.6 Å². The Morgan fingerprint density at radius 1 is 1.43 bits per heavy atom. The lowest BCUT2D eigenvalue weighted by Crippen LogP contribution is -2.44. The number of carbonyl (C=O) groups excluding carboxylic acids is 1. The van der Waals surface area contributed by atoms with Crippen LogP contribution in [-0.2, 0) is 4.79 Å². The standard InChI is InChI=1S/C16H21BrN2O.ClH/c1-11-13(17)6-4-7-14(11)19-15(20)16-8-3-2-5-12(16)9-18-10-16;/h4,6-7,12,18H,2-3,5,8-10H2,1H3,(H,19,20);1H/t12-,16+;/m0./s1. The third kappa shape index (κ3) is 2.99. The van der Waals surface area contributed by atoms with Crippen molar-refractivity contribution in [2.24, 2.45) is 11.3 Å². The Morgan fingerprint density at radius 3 is 3.05 bits per heavy atom. The summed E-state index contributed by atoms with van der Waals surface area (Å²) in [6, 6.07) is 5.95. The highest BCUT2D eigenvalue weighted by Crippen LogP contribution is 2.44. The van der Waals surface area contributed by atoms with E-state index >= 15 is 0 Å². The largest absolute Gasteiger partial charge is 0.325 e. The van der Waals surface area contributed by atoms with Gasteiger partial charge in [-0.1, -0.05) is 34.8 Å². The van der Waals surface area contributed by atoms with Crippen molar-refractivity contribution in [2.45, 2.75) is 32.6 Å². The number of carbonyl (C=O) groups is 1. The summed E-state index contributed by atoms with van der Waals surface area (Å²) in [7, 11) is 0. The Balaban J connectivity index is 0.00000161. The topological polar surface area (TPSA) is 41.1 Å². The molecule has 2 N–H and O–H groups in total. The van der Waals surface area contributed by atoms with Crippen LogP contribution in [-0.4, -0.2) is 19.0 Å². The van der Waals surface area contributed by atoms with E-state index in [9.17, 15) is 4.79 Å². The molecule has 3 nitrogen and oxygen atoms in total. The molecule has 1 saturated carbocycles. The van der Waals surface area contributed by atoms with Crippen LogP contribution in [0, 0.1) is 18.3 Å². The fourth-order valence-electron chi connectivity index (χ4n) is 3.68. The van der Waals surface area contributed by atoms with Crippen LogP contribution in [0.3, 0.4) is 0 Å². The maximum atomic E-state index is 12.9. The minimum atomic E-state index is -0.187. The van der Waals surface area contributed by atoms with Crippen molar-refractivity contribution in [3.05, 3.63) is 28.2 Å². The number of anilines is 1. The number of fused-ring (bicyclic) bond motifs is 1. The van der Waals surface area contributed by atoms with Crippen molar-refractivity contribution in [3.8, 4) is 0 Å². The van der Waals surface area contributed by atoms with Crippen molar-refractivity contribution in [1.82, 2.24) is 5.32 Å². The number of hydrogen-bond acceptors (Lipinski definition) is 2. The SMILES string of the molecule is Cc1c(Br)cccc1NC(=O)[C@@]12CCCC[C@H]1CNC2.Cl. The molecule has 0 bridgehead atoms. The van der Waals surface area contributed by atoms with Crippen LogP contribution in [0.2, 0.25) is 0 Å². The molecule has 21 heavy (non-hydrogen) atoms. The molecule has 1 amide bonds. The Kier molecular flexibility index (Phi) is 5.33. The van der Waals surface area contributed by atoms with E-state index in [0.717, 1.165) is 35.2 Å². The molecule has 0 spiro atoms. The molecule has 5 heteroatoms. The number of nitrogens with one attached hydrogen (secondary N) is 2. The first-order chi connectivity index (χ1) is 9.63. The first kappa shape index (κ1) is 16.8. The number of hydrogen-bond donors (Lipinski definition) is 2. The van der Waals surface area contributed by atoms with E-state index in [1.165, 1.54) is 19.3 Å². The second kappa shape index (κ2) is 6.67. The van der Waals surface area contributed by atoms with Gasteiger partial charge in [0.2, 0.25) is 5.91 Å². The average Bonchev–Trinajstić information content (AvgIpc) is 2.89. The first-order valence-corrected chi connectivity index (χ1v) is 8.20. The van der Waals surface area contributed by atoms with Crippen LogP contribution in [0.15, 0.2) is 22.7 Å². The molecular weight excluding hydrogens is 352 g/mol. The molecule has 1 aliphatic carbocycles. The zero-order valence-electron chi connectivity index (χ0n) is 12.2. The number of halogens is 2. The molecule has 1 aromatic carbocycles. The number of rotatable bonds is 2. The molecule has 3 rings (SSSR count). The van der Waals surface area contributed by atoms with Gasteiger partial charge in [-0.2, -0.15) is 0 Å².